The van der Waals surface area contributed by atoms with E-state index in [0.29, 0.717) is 55.5 Å². The Bertz CT molecular complexity index is 2260. The Morgan fingerprint density at radius 2 is 1.74 bits per heavy atom. The van der Waals surface area contributed by atoms with Crippen molar-refractivity contribution in [3.05, 3.63) is 72.4 Å². The van der Waals surface area contributed by atoms with Gasteiger partial charge in [0.25, 0.3) is 5.91 Å². The molecule has 0 radical (unpaired) electrons. The number of ether oxygens (including phenoxy) is 2. The monoisotopic (exact) mass is 845 g/mol. The van der Waals surface area contributed by atoms with Gasteiger partial charge in [-0.15, -0.1) is 13.2 Å². The SMILES string of the molecule is COC(=O)NC(C(=O)N1CCCC1c1ncc(-c2ccc(-c3ccc(NC(=O)c4ccc(N5CCN(C(=O)C6CC6(C)C)CC5C)nc4)cc3OC(F)(F)F)nc2)[nH]1)C(C)C. The van der Waals surface area contributed by atoms with E-state index >= 15 is 0 Å². The van der Waals surface area contributed by atoms with E-state index in [1.165, 1.54) is 31.6 Å². The highest BCUT2D eigenvalue weighted by molar-refractivity contribution is 6.04. The number of hydrogen-bond donors (Lipinski definition) is 3. The van der Waals surface area contributed by atoms with Gasteiger partial charge in [0.15, 0.2) is 0 Å². The summed E-state index contributed by atoms with van der Waals surface area (Å²) in [4.78, 5) is 74.1. The zero-order chi connectivity index (χ0) is 43.8. The Morgan fingerprint density at radius 3 is 2.36 bits per heavy atom. The van der Waals surface area contributed by atoms with Gasteiger partial charge in [-0.25, -0.2) is 14.8 Å². The highest BCUT2D eigenvalue weighted by Crippen LogP contribution is 2.52. The summed E-state index contributed by atoms with van der Waals surface area (Å²) < 4.78 is 50.1. The molecule has 18 heteroatoms. The number of benzene rings is 1. The molecule has 3 N–H and O–H groups in total. The zero-order valence-corrected chi connectivity index (χ0v) is 34.9. The number of imidazole rings is 1. The molecular formula is C43H50F3N9O6. The molecule has 2 saturated heterocycles. The molecule has 4 unspecified atom stereocenters. The number of halogens is 3. The van der Waals surface area contributed by atoms with Crippen LogP contribution >= 0.6 is 0 Å². The number of piperazine rings is 1. The van der Waals surface area contributed by atoms with E-state index in [9.17, 15) is 32.3 Å². The number of anilines is 2. The van der Waals surface area contributed by atoms with Gasteiger partial charge in [-0.3, -0.25) is 19.4 Å². The number of nitrogens with one attached hydrogen (secondary N) is 3. The number of amides is 4. The number of alkyl carbamates (subject to hydrolysis) is 1. The van der Waals surface area contributed by atoms with E-state index in [1.54, 1.807) is 35.4 Å². The number of alkyl halides is 3. The summed E-state index contributed by atoms with van der Waals surface area (Å²) in [6.45, 7) is 12.1. The number of aromatic amines is 1. The molecule has 15 nitrogen and oxygen atoms in total. The molecular weight excluding hydrogens is 796 g/mol. The quantitative estimate of drug-likeness (QED) is 0.146. The number of H-pyrrole nitrogens is 1. The van der Waals surface area contributed by atoms with E-state index in [2.05, 4.69) is 54.1 Å². The Morgan fingerprint density at radius 1 is 0.967 bits per heavy atom. The van der Waals surface area contributed by atoms with Crippen molar-refractivity contribution in [2.45, 2.75) is 78.4 Å². The maximum atomic E-state index is 13.7. The molecule has 0 spiro atoms. The largest absolute Gasteiger partial charge is 0.573 e. The van der Waals surface area contributed by atoms with Crippen LogP contribution in [0, 0.1) is 17.3 Å². The van der Waals surface area contributed by atoms with Crippen LogP contribution in [0.1, 0.15) is 76.1 Å². The Kier molecular flexibility index (Phi) is 12.0. The molecule has 1 saturated carbocycles. The smallest absolute Gasteiger partial charge is 0.453 e. The van der Waals surface area contributed by atoms with Crippen molar-refractivity contribution in [3.63, 3.8) is 0 Å². The van der Waals surface area contributed by atoms with Crippen molar-refractivity contribution >= 4 is 35.3 Å². The first kappa shape index (κ1) is 42.9. The van der Waals surface area contributed by atoms with Crippen molar-refractivity contribution in [2.75, 3.05) is 43.5 Å². The van der Waals surface area contributed by atoms with Gasteiger partial charge in [0, 0.05) is 73.4 Å². The van der Waals surface area contributed by atoms with E-state index in [0.717, 1.165) is 18.9 Å². The van der Waals surface area contributed by atoms with Crippen LogP contribution in [-0.2, 0) is 14.3 Å². The van der Waals surface area contributed by atoms with Crippen LogP contribution in [0.2, 0.25) is 0 Å². The summed E-state index contributed by atoms with van der Waals surface area (Å²) in [5.41, 5.74) is 1.71. The topological polar surface area (TPSA) is 175 Å². The van der Waals surface area contributed by atoms with E-state index in [1.807, 2.05) is 25.7 Å². The molecule has 3 fully saturated rings. The molecule has 3 aliphatic rings. The first-order valence-corrected chi connectivity index (χ1v) is 20.3. The van der Waals surface area contributed by atoms with Gasteiger partial charge in [0.05, 0.1) is 36.3 Å². The summed E-state index contributed by atoms with van der Waals surface area (Å²) in [7, 11) is 1.24. The molecule has 1 aliphatic carbocycles. The van der Waals surface area contributed by atoms with Gasteiger partial charge < -0.3 is 39.8 Å². The van der Waals surface area contributed by atoms with Crippen LogP contribution in [0.5, 0.6) is 5.75 Å². The maximum Gasteiger partial charge on any atom is 0.573 e. The second kappa shape index (κ2) is 17.0. The molecule has 4 atom stereocenters. The summed E-state index contributed by atoms with van der Waals surface area (Å²) in [6.07, 6.45) is 1.06. The third-order valence-electron chi connectivity index (χ3n) is 11.7. The van der Waals surface area contributed by atoms with Crippen LogP contribution < -0.4 is 20.3 Å². The third-order valence-corrected chi connectivity index (χ3v) is 11.7. The molecule has 4 amide bonds. The van der Waals surface area contributed by atoms with Crippen molar-refractivity contribution in [1.29, 1.82) is 0 Å². The number of rotatable bonds is 11. The molecule has 5 heterocycles. The molecule has 3 aromatic heterocycles. The summed E-state index contributed by atoms with van der Waals surface area (Å²) in [5, 5.41) is 5.26. The number of carbonyl (C=O) groups is 4. The van der Waals surface area contributed by atoms with Gasteiger partial charge in [-0.05, 0) is 73.9 Å². The molecule has 1 aromatic carbocycles. The van der Waals surface area contributed by atoms with Crippen LogP contribution in [0.15, 0.2) is 61.1 Å². The molecule has 324 valence electrons. The number of nitrogens with zero attached hydrogens (tertiary/aromatic N) is 6. The van der Waals surface area contributed by atoms with Crippen molar-refractivity contribution < 1.29 is 41.8 Å². The fraction of sp³-hybridized carbons (Fsp3) is 0.465. The lowest BCUT2D eigenvalue weighted by Crippen LogP contribution is -2.54. The number of methoxy groups -OCH3 is 1. The van der Waals surface area contributed by atoms with Gasteiger partial charge in [0.1, 0.15) is 23.4 Å². The zero-order valence-electron chi connectivity index (χ0n) is 34.9. The number of carbonyl (C=O) groups excluding carboxylic acids is 4. The lowest BCUT2D eigenvalue weighted by molar-refractivity contribution is -0.274. The normalized spacial score (nSPS) is 20.3. The summed E-state index contributed by atoms with van der Waals surface area (Å²) >= 11 is 0. The average molecular weight is 846 g/mol. The molecule has 7 rings (SSSR count). The van der Waals surface area contributed by atoms with E-state index in [-0.39, 0.29) is 63.7 Å². The van der Waals surface area contributed by atoms with E-state index in [4.69, 9.17) is 4.74 Å². The number of aromatic nitrogens is 4. The Hall–Kier alpha value is -6.20. The van der Waals surface area contributed by atoms with Gasteiger partial charge >= 0.3 is 12.5 Å². The van der Waals surface area contributed by atoms with Crippen LogP contribution in [0.25, 0.3) is 22.5 Å². The van der Waals surface area contributed by atoms with Crippen LogP contribution in [0.3, 0.4) is 0 Å². The second-order valence-electron chi connectivity index (χ2n) is 16.9. The van der Waals surface area contributed by atoms with Gasteiger partial charge in [-0.2, -0.15) is 0 Å². The summed E-state index contributed by atoms with van der Waals surface area (Å²) in [6, 6.07) is 9.32. The molecule has 61 heavy (non-hydrogen) atoms. The third kappa shape index (κ3) is 9.57. The lowest BCUT2D eigenvalue weighted by Gasteiger charge is -2.40. The molecule has 4 aromatic rings. The summed E-state index contributed by atoms with van der Waals surface area (Å²) in [5.74, 6) is -0.115. The highest BCUT2D eigenvalue weighted by atomic mass is 19.4. The minimum Gasteiger partial charge on any atom is -0.453 e. The molecule has 2 aliphatic heterocycles. The maximum absolute atomic E-state index is 13.7. The van der Waals surface area contributed by atoms with Crippen LogP contribution in [0.4, 0.5) is 29.5 Å². The Labute approximate surface area is 351 Å². The van der Waals surface area contributed by atoms with Crippen LogP contribution in [-0.4, -0.2) is 105 Å². The fourth-order valence-corrected chi connectivity index (χ4v) is 8.08. The van der Waals surface area contributed by atoms with Crippen molar-refractivity contribution in [3.8, 4) is 28.3 Å². The molecule has 0 bridgehead atoms. The standard InChI is InChI=1S/C43H50F3N9O6/c1-24(2)36(52-41(59)60-6)40(58)55-15-7-8-33(55)37-49-22-32(51-37)26-9-13-31(47-20-26)29-12-11-28(18-34(29)61-43(44,45)46)50-38(56)27-10-14-35(48-21-27)54-17-16-53(23-25(54)3)39(57)30-19-42(30,4)5/h9-14,18,20-22,24-25,30,33,36H,7-8,15-17,19,23H2,1-6H3,(H,49,51)(H,50,56)(H,52,59). The first-order chi connectivity index (χ1) is 28.9. The van der Waals surface area contributed by atoms with E-state index < -0.39 is 30.2 Å². The first-order valence-electron chi connectivity index (χ1n) is 20.3. The minimum atomic E-state index is -5.03. The predicted octanol–water partition coefficient (Wildman–Crippen LogP) is 6.81. The van der Waals surface area contributed by atoms with Gasteiger partial charge in [0.2, 0.25) is 11.8 Å². The van der Waals surface area contributed by atoms with Crippen molar-refractivity contribution in [2.24, 2.45) is 17.3 Å². The second-order valence-corrected chi connectivity index (χ2v) is 16.9. The predicted molar refractivity (Wildman–Crippen MR) is 219 cm³/mol. The number of hydrogen-bond acceptors (Lipinski definition) is 10. The fourth-order valence-electron chi connectivity index (χ4n) is 8.08. The average Bonchev–Trinajstić information content (AvgIpc) is 3.56. The number of likely N-dealkylation sites (tertiary alicyclic amines) is 1. The van der Waals surface area contributed by atoms with Crippen molar-refractivity contribution in [1.82, 2.24) is 35.1 Å². The minimum absolute atomic E-state index is 0.0100. The lowest BCUT2D eigenvalue weighted by atomic mass is 10.0. The Balaban J connectivity index is 1.01. The number of pyridine rings is 2. The van der Waals surface area contributed by atoms with Gasteiger partial charge in [-0.1, -0.05) is 27.7 Å². The highest BCUT2D eigenvalue weighted by Gasteiger charge is 2.52.